The molecule has 0 bridgehead atoms. The maximum atomic E-state index is 12.0. The summed E-state index contributed by atoms with van der Waals surface area (Å²) in [5.41, 5.74) is 1.91. The second-order valence-corrected chi connectivity index (χ2v) is 5.01. The summed E-state index contributed by atoms with van der Waals surface area (Å²) in [4.78, 5) is 26.2. The SMILES string of the molecule is CC1CC1NC(=O)c1ccc2c(c1)[nH]c(=O)n2C. The topological polar surface area (TPSA) is 66.9 Å². The van der Waals surface area contributed by atoms with Crippen molar-refractivity contribution >= 4 is 16.9 Å². The molecule has 2 unspecified atom stereocenters. The molecule has 5 nitrogen and oxygen atoms in total. The Kier molecular flexibility index (Phi) is 2.29. The monoisotopic (exact) mass is 245 g/mol. The van der Waals surface area contributed by atoms with E-state index in [4.69, 9.17) is 0 Å². The van der Waals surface area contributed by atoms with E-state index in [0.29, 0.717) is 23.0 Å². The third-order valence-electron chi connectivity index (χ3n) is 3.59. The summed E-state index contributed by atoms with van der Waals surface area (Å²) in [6.07, 6.45) is 1.05. The van der Waals surface area contributed by atoms with E-state index in [0.717, 1.165) is 11.9 Å². The number of aryl methyl sites for hydroxylation is 1. The van der Waals surface area contributed by atoms with Gasteiger partial charge in [0.05, 0.1) is 11.0 Å². The first-order valence-electron chi connectivity index (χ1n) is 6.06. The van der Waals surface area contributed by atoms with E-state index >= 15 is 0 Å². The van der Waals surface area contributed by atoms with E-state index in [9.17, 15) is 9.59 Å². The van der Waals surface area contributed by atoms with Gasteiger partial charge in [0.15, 0.2) is 0 Å². The molecule has 1 saturated carbocycles. The van der Waals surface area contributed by atoms with Crippen molar-refractivity contribution in [2.24, 2.45) is 13.0 Å². The average Bonchev–Trinajstić information content (AvgIpc) is 2.95. The number of benzene rings is 1. The first kappa shape index (κ1) is 11.1. The van der Waals surface area contributed by atoms with E-state index in [-0.39, 0.29) is 11.6 Å². The molecule has 18 heavy (non-hydrogen) atoms. The molecule has 0 spiro atoms. The summed E-state index contributed by atoms with van der Waals surface area (Å²) in [5.74, 6) is 0.505. The van der Waals surface area contributed by atoms with Crippen LogP contribution in [0, 0.1) is 5.92 Å². The Morgan fingerprint density at radius 2 is 2.22 bits per heavy atom. The number of nitrogens with one attached hydrogen (secondary N) is 2. The summed E-state index contributed by atoms with van der Waals surface area (Å²) < 4.78 is 1.53. The lowest BCUT2D eigenvalue weighted by Gasteiger charge is -2.04. The predicted octanol–water partition coefficient (Wildman–Crippen LogP) is 1.00. The number of amides is 1. The molecule has 2 atom stereocenters. The summed E-state index contributed by atoms with van der Waals surface area (Å²) in [6.45, 7) is 2.11. The van der Waals surface area contributed by atoms with E-state index in [1.807, 2.05) is 0 Å². The van der Waals surface area contributed by atoms with Crippen LogP contribution in [0.15, 0.2) is 23.0 Å². The van der Waals surface area contributed by atoms with Crippen LogP contribution in [0.1, 0.15) is 23.7 Å². The Labute approximate surface area is 104 Å². The molecule has 1 aromatic carbocycles. The highest BCUT2D eigenvalue weighted by Gasteiger charge is 2.33. The Morgan fingerprint density at radius 3 is 2.89 bits per heavy atom. The van der Waals surface area contributed by atoms with E-state index < -0.39 is 0 Å². The zero-order valence-corrected chi connectivity index (χ0v) is 10.4. The molecule has 0 aliphatic heterocycles. The van der Waals surface area contributed by atoms with Crippen molar-refractivity contribution in [3.05, 3.63) is 34.2 Å². The molecular weight excluding hydrogens is 230 g/mol. The molecule has 1 fully saturated rings. The third-order valence-corrected chi connectivity index (χ3v) is 3.59. The van der Waals surface area contributed by atoms with Gasteiger partial charge in [0.25, 0.3) is 5.91 Å². The van der Waals surface area contributed by atoms with Crippen LogP contribution in [-0.2, 0) is 7.05 Å². The average molecular weight is 245 g/mol. The molecule has 0 radical (unpaired) electrons. The maximum Gasteiger partial charge on any atom is 0.326 e. The summed E-state index contributed by atoms with van der Waals surface area (Å²) in [6, 6.07) is 5.57. The van der Waals surface area contributed by atoms with Crippen LogP contribution in [-0.4, -0.2) is 21.5 Å². The summed E-state index contributed by atoms with van der Waals surface area (Å²) in [7, 11) is 1.70. The van der Waals surface area contributed by atoms with Gasteiger partial charge in [0, 0.05) is 18.7 Å². The molecular formula is C13H15N3O2. The lowest BCUT2D eigenvalue weighted by atomic mass is 10.2. The molecule has 0 saturated heterocycles. The second-order valence-electron chi connectivity index (χ2n) is 5.01. The smallest absolute Gasteiger partial charge is 0.326 e. The number of H-pyrrole nitrogens is 1. The van der Waals surface area contributed by atoms with Crippen LogP contribution in [0.25, 0.3) is 11.0 Å². The quantitative estimate of drug-likeness (QED) is 0.829. The summed E-state index contributed by atoms with van der Waals surface area (Å²) >= 11 is 0. The van der Waals surface area contributed by atoms with Crippen LogP contribution in [0.5, 0.6) is 0 Å². The highest BCUT2D eigenvalue weighted by molar-refractivity contribution is 5.97. The number of aromatic nitrogens is 2. The van der Waals surface area contributed by atoms with Gasteiger partial charge in [-0.3, -0.25) is 9.36 Å². The number of fused-ring (bicyclic) bond motifs is 1. The maximum absolute atomic E-state index is 12.0. The summed E-state index contributed by atoms with van der Waals surface area (Å²) in [5, 5.41) is 2.97. The molecule has 2 N–H and O–H groups in total. The van der Waals surface area contributed by atoms with E-state index in [1.54, 1.807) is 25.2 Å². The molecule has 1 aliphatic rings. The minimum Gasteiger partial charge on any atom is -0.349 e. The van der Waals surface area contributed by atoms with Crippen molar-refractivity contribution in [3.63, 3.8) is 0 Å². The number of aromatic amines is 1. The minimum absolute atomic E-state index is 0.0732. The Morgan fingerprint density at radius 1 is 1.50 bits per heavy atom. The third kappa shape index (κ3) is 1.72. The van der Waals surface area contributed by atoms with Crippen LogP contribution in [0.4, 0.5) is 0 Å². The molecule has 1 aliphatic carbocycles. The van der Waals surface area contributed by atoms with Gasteiger partial charge >= 0.3 is 5.69 Å². The fraction of sp³-hybridized carbons (Fsp3) is 0.385. The van der Waals surface area contributed by atoms with Crippen molar-refractivity contribution in [1.29, 1.82) is 0 Å². The number of rotatable bonds is 2. The lowest BCUT2D eigenvalue weighted by molar-refractivity contribution is 0.0949. The first-order chi connectivity index (χ1) is 8.56. The minimum atomic E-state index is -0.168. The van der Waals surface area contributed by atoms with Crippen molar-refractivity contribution < 1.29 is 4.79 Å². The van der Waals surface area contributed by atoms with Crippen LogP contribution >= 0.6 is 0 Å². The van der Waals surface area contributed by atoms with Crippen LogP contribution < -0.4 is 11.0 Å². The Balaban J connectivity index is 1.93. The molecule has 1 amide bonds. The molecule has 2 aromatic rings. The number of hydrogen-bond donors (Lipinski definition) is 2. The van der Waals surface area contributed by atoms with Gasteiger partial charge in [-0.1, -0.05) is 6.92 Å². The van der Waals surface area contributed by atoms with Crippen molar-refractivity contribution in [1.82, 2.24) is 14.9 Å². The number of carbonyl (C=O) groups is 1. The van der Waals surface area contributed by atoms with Gasteiger partial charge in [0.2, 0.25) is 0 Å². The molecule has 5 heteroatoms. The van der Waals surface area contributed by atoms with Crippen molar-refractivity contribution in [2.45, 2.75) is 19.4 Å². The lowest BCUT2D eigenvalue weighted by Crippen LogP contribution is -2.26. The molecule has 3 rings (SSSR count). The van der Waals surface area contributed by atoms with Gasteiger partial charge in [-0.2, -0.15) is 0 Å². The molecule has 1 heterocycles. The van der Waals surface area contributed by atoms with Gasteiger partial charge in [0.1, 0.15) is 0 Å². The standard InChI is InChI=1S/C13H15N3O2/c1-7-5-9(7)14-12(17)8-3-4-11-10(6-8)15-13(18)16(11)2/h3-4,6-7,9H,5H2,1-2H3,(H,14,17)(H,15,18). The first-order valence-corrected chi connectivity index (χ1v) is 6.06. The van der Waals surface area contributed by atoms with Crippen LogP contribution in [0.2, 0.25) is 0 Å². The van der Waals surface area contributed by atoms with Gasteiger partial charge in [-0.25, -0.2) is 4.79 Å². The molecule has 1 aromatic heterocycles. The number of hydrogen-bond acceptors (Lipinski definition) is 2. The number of imidazole rings is 1. The van der Waals surface area contributed by atoms with Crippen molar-refractivity contribution in [3.8, 4) is 0 Å². The zero-order valence-electron chi connectivity index (χ0n) is 10.4. The second kappa shape index (κ2) is 3.73. The Hall–Kier alpha value is -2.04. The zero-order chi connectivity index (χ0) is 12.9. The van der Waals surface area contributed by atoms with Gasteiger partial charge in [-0.15, -0.1) is 0 Å². The fourth-order valence-electron chi connectivity index (χ4n) is 2.15. The largest absolute Gasteiger partial charge is 0.349 e. The fourth-order valence-corrected chi connectivity index (χ4v) is 2.15. The molecule has 94 valence electrons. The highest BCUT2D eigenvalue weighted by atomic mass is 16.2. The van der Waals surface area contributed by atoms with Crippen LogP contribution in [0.3, 0.4) is 0 Å². The van der Waals surface area contributed by atoms with Gasteiger partial charge < -0.3 is 10.3 Å². The van der Waals surface area contributed by atoms with E-state index in [1.165, 1.54) is 4.57 Å². The normalized spacial score (nSPS) is 22.1. The number of carbonyl (C=O) groups excluding carboxylic acids is 1. The Bertz CT molecular complexity index is 683. The van der Waals surface area contributed by atoms with Gasteiger partial charge in [-0.05, 0) is 30.5 Å². The highest BCUT2D eigenvalue weighted by Crippen LogP contribution is 2.29. The van der Waals surface area contributed by atoms with Crippen molar-refractivity contribution in [2.75, 3.05) is 0 Å². The van der Waals surface area contributed by atoms with E-state index in [2.05, 4.69) is 17.2 Å². The number of nitrogens with zero attached hydrogens (tertiary/aromatic N) is 1. The predicted molar refractivity (Wildman–Crippen MR) is 68.6 cm³/mol.